The maximum atomic E-state index is 8.68. The summed E-state index contributed by atoms with van der Waals surface area (Å²) in [4.78, 5) is 4.33. The summed E-state index contributed by atoms with van der Waals surface area (Å²) in [5.74, 6) is 0.555. The largest absolute Gasteiger partial charge is 0.396 e. The monoisotopic (exact) mass is 190 g/mol. The molecule has 3 heteroatoms. The lowest BCUT2D eigenvalue weighted by atomic mass is 9.95. The normalized spacial score (nSPS) is 14.5. The molecule has 0 radical (unpaired) electrons. The summed E-state index contributed by atoms with van der Waals surface area (Å²) in [5.41, 5.74) is -0.432. The van der Waals surface area contributed by atoms with Crippen LogP contribution in [0.5, 0.6) is 0 Å². The third-order valence-electron chi connectivity index (χ3n) is 2.34. The molecular weight excluding hydrogens is 168 g/mol. The summed E-state index contributed by atoms with van der Waals surface area (Å²) in [5, 5.41) is 17.2. The van der Waals surface area contributed by atoms with Gasteiger partial charge in [-0.05, 0) is 32.6 Å². The fourth-order valence-corrected chi connectivity index (χ4v) is 1.29. The maximum Gasteiger partial charge on any atom is 0.0977 e. The highest BCUT2D eigenvalue weighted by molar-refractivity contribution is 4.67. The van der Waals surface area contributed by atoms with Gasteiger partial charge in [0.15, 0.2) is 0 Å². The van der Waals surface area contributed by atoms with Crippen molar-refractivity contribution in [1.82, 2.24) is 0 Å². The molecule has 0 aromatic carbocycles. The average molecular weight is 190 g/mol. The van der Waals surface area contributed by atoms with E-state index in [1.807, 2.05) is 13.8 Å². The Morgan fingerprint density at radius 2 is 1.92 bits per heavy atom. The fourth-order valence-electron chi connectivity index (χ4n) is 1.29. The van der Waals surface area contributed by atoms with E-state index >= 15 is 0 Å². The SMILES string of the molecule is CC(CCO)CCCC(C)(C)OO. The van der Waals surface area contributed by atoms with Crippen molar-refractivity contribution in [2.45, 2.75) is 52.1 Å². The highest BCUT2D eigenvalue weighted by atomic mass is 17.1. The number of aliphatic hydroxyl groups is 1. The van der Waals surface area contributed by atoms with Gasteiger partial charge in [0.05, 0.1) is 5.60 Å². The first-order valence-corrected chi connectivity index (χ1v) is 4.95. The minimum absolute atomic E-state index is 0.265. The highest BCUT2D eigenvalue weighted by Crippen LogP contribution is 2.19. The van der Waals surface area contributed by atoms with Crippen LogP contribution in [0.3, 0.4) is 0 Å². The van der Waals surface area contributed by atoms with Crippen molar-refractivity contribution in [1.29, 1.82) is 0 Å². The van der Waals surface area contributed by atoms with Gasteiger partial charge < -0.3 is 5.11 Å². The molecule has 0 aliphatic rings. The van der Waals surface area contributed by atoms with Crippen molar-refractivity contribution in [3.8, 4) is 0 Å². The van der Waals surface area contributed by atoms with Gasteiger partial charge in [-0.15, -0.1) is 0 Å². The third kappa shape index (κ3) is 6.99. The smallest absolute Gasteiger partial charge is 0.0977 e. The lowest BCUT2D eigenvalue weighted by molar-refractivity contribution is -0.314. The molecule has 0 spiro atoms. The van der Waals surface area contributed by atoms with Crippen LogP contribution in [-0.4, -0.2) is 22.6 Å². The van der Waals surface area contributed by atoms with Gasteiger partial charge >= 0.3 is 0 Å². The van der Waals surface area contributed by atoms with Crippen molar-refractivity contribution < 1.29 is 15.3 Å². The number of rotatable bonds is 7. The number of hydrogen-bond acceptors (Lipinski definition) is 3. The van der Waals surface area contributed by atoms with E-state index in [0.717, 1.165) is 25.7 Å². The Hall–Kier alpha value is -0.120. The average Bonchev–Trinajstić information content (AvgIpc) is 2.05. The Kier molecular flexibility index (Phi) is 6.29. The quantitative estimate of drug-likeness (QED) is 0.479. The van der Waals surface area contributed by atoms with Crippen molar-refractivity contribution in [2.75, 3.05) is 6.61 Å². The second-order valence-electron chi connectivity index (χ2n) is 4.36. The van der Waals surface area contributed by atoms with Crippen LogP contribution in [0.25, 0.3) is 0 Å². The maximum absolute atomic E-state index is 8.68. The van der Waals surface area contributed by atoms with E-state index in [1.54, 1.807) is 0 Å². The third-order valence-corrected chi connectivity index (χ3v) is 2.34. The van der Waals surface area contributed by atoms with Gasteiger partial charge in [-0.1, -0.05) is 19.8 Å². The van der Waals surface area contributed by atoms with Crippen molar-refractivity contribution >= 4 is 0 Å². The Morgan fingerprint density at radius 1 is 1.31 bits per heavy atom. The van der Waals surface area contributed by atoms with E-state index < -0.39 is 5.60 Å². The second kappa shape index (κ2) is 6.35. The first-order valence-electron chi connectivity index (χ1n) is 4.95. The predicted molar refractivity (Wildman–Crippen MR) is 52.5 cm³/mol. The number of hydrogen-bond donors (Lipinski definition) is 2. The Bertz CT molecular complexity index is 123. The Labute approximate surface area is 80.7 Å². The standard InChI is InChI=1S/C10H22O3/c1-9(6-8-11)5-4-7-10(2,3)13-12/h9,11-12H,4-8H2,1-3H3. The second-order valence-corrected chi connectivity index (χ2v) is 4.36. The van der Waals surface area contributed by atoms with E-state index in [0.29, 0.717) is 5.92 Å². The molecule has 0 bridgehead atoms. The molecule has 1 unspecified atom stereocenters. The van der Waals surface area contributed by atoms with Gasteiger partial charge in [-0.2, -0.15) is 0 Å². The molecule has 0 rings (SSSR count). The van der Waals surface area contributed by atoms with Crippen molar-refractivity contribution in [3.05, 3.63) is 0 Å². The Balaban J connectivity index is 3.44. The molecule has 0 saturated carbocycles. The molecule has 0 aromatic heterocycles. The van der Waals surface area contributed by atoms with E-state index in [1.165, 1.54) is 0 Å². The van der Waals surface area contributed by atoms with Gasteiger partial charge in [0.25, 0.3) is 0 Å². The summed E-state index contributed by atoms with van der Waals surface area (Å²) in [6.45, 7) is 6.12. The molecule has 0 fully saturated rings. The summed E-state index contributed by atoms with van der Waals surface area (Å²) < 4.78 is 0. The topological polar surface area (TPSA) is 49.7 Å². The molecule has 2 N–H and O–H groups in total. The van der Waals surface area contributed by atoms with Crippen LogP contribution in [0.1, 0.15) is 46.5 Å². The first-order chi connectivity index (χ1) is 6.02. The van der Waals surface area contributed by atoms with Crippen LogP contribution < -0.4 is 0 Å². The predicted octanol–water partition coefficient (Wildman–Crippen LogP) is 2.44. The molecule has 0 aliphatic heterocycles. The molecule has 0 aromatic rings. The summed E-state index contributed by atoms with van der Waals surface area (Å²) in [7, 11) is 0. The lowest BCUT2D eigenvalue weighted by Gasteiger charge is -2.20. The van der Waals surface area contributed by atoms with E-state index in [-0.39, 0.29) is 6.61 Å². The van der Waals surface area contributed by atoms with Crippen LogP contribution in [0.15, 0.2) is 0 Å². The molecular formula is C10H22O3. The van der Waals surface area contributed by atoms with E-state index in [2.05, 4.69) is 11.8 Å². The molecule has 0 amide bonds. The minimum atomic E-state index is -0.432. The van der Waals surface area contributed by atoms with Gasteiger partial charge in [0.1, 0.15) is 0 Å². The summed E-state index contributed by atoms with van der Waals surface area (Å²) in [6, 6.07) is 0. The fraction of sp³-hybridized carbons (Fsp3) is 1.00. The van der Waals surface area contributed by atoms with Crippen molar-refractivity contribution in [3.63, 3.8) is 0 Å². The zero-order chi connectivity index (χ0) is 10.3. The van der Waals surface area contributed by atoms with E-state index in [4.69, 9.17) is 10.4 Å². The Morgan fingerprint density at radius 3 is 2.38 bits per heavy atom. The summed E-state index contributed by atoms with van der Waals surface area (Å²) >= 11 is 0. The molecule has 3 nitrogen and oxygen atoms in total. The van der Waals surface area contributed by atoms with Crippen LogP contribution in [0, 0.1) is 5.92 Å². The molecule has 1 atom stereocenters. The molecule has 13 heavy (non-hydrogen) atoms. The minimum Gasteiger partial charge on any atom is -0.396 e. The molecule has 80 valence electrons. The van der Waals surface area contributed by atoms with Crippen LogP contribution in [0.4, 0.5) is 0 Å². The zero-order valence-electron chi connectivity index (χ0n) is 8.92. The van der Waals surface area contributed by atoms with E-state index in [9.17, 15) is 0 Å². The molecule has 0 heterocycles. The first kappa shape index (κ1) is 12.9. The lowest BCUT2D eigenvalue weighted by Crippen LogP contribution is -2.22. The van der Waals surface area contributed by atoms with Crippen LogP contribution in [0.2, 0.25) is 0 Å². The number of aliphatic hydroxyl groups excluding tert-OH is 1. The van der Waals surface area contributed by atoms with Gasteiger partial charge in [-0.3, -0.25) is 5.26 Å². The van der Waals surface area contributed by atoms with Gasteiger partial charge in [0.2, 0.25) is 0 Å². The van der Waals surface area contributed by atoms with Gasteiger partial charge in [0, 0.05) is 6.61 Å². The molecule has 0 saturated heterocycles. The van der Waals surface area contributed by atoms with Crippen LogP contribution in [-0.2, 0) is 4.89 Å². The van der Waals surface area contributed by atoms with Gasteiger partial charge in [-0.25, -0.2) is 4.89 Å². The summed E-state index contributed by atoms with van der Waals surface area (Å²) in [6.07, 6.45) is 3.81. The molecule has 0 aliphatic carbocycles. The van der Waals surface area contributed by atoms with Crippen molar-refractivity contribution in [2.24, 2.45) is 5.92 Å². The highest BCUT2D eigenvalue weighted by Gasteiger charge is 2.18. The zero-order valence-corrected chi connectivity index (χ0v) is 8.92. The van der Waals surface area contributed by atoms with Crippen LogP contribution >= 0.6 is 0 Å².